The SMILES string of the molecule is CC1COCC(C)[N-]1.[Y]. The Morgan fingerprint density at radius 3 is 1.89 bits per heavy atom. The molecule has 1 saturated heterocycles. The first kappa shape index (κ1) is 10.0. The molecule has 9 heavy (non-hydrogen) atoms. The van der Waals surface area contributed by atoms with Gasteiger partial charge in [0.15, 0.2) is 0 Å². The van der Waals surface area contributed by atoms with E-state index < -0.39 is 0 Å². The summed E-state index contributed by atoms with van der Waals surface area (Å²) in [5.41, 5.74) is 0. The zero-order valence-electron chi connectivity index (χ0n) is 6.00. The Morgan fingerprint density at radius 1 is 1.22 bits per heavy atom. The fourth-order valence-corrected chi connectivity index (χ4v) is 0.930. The molecule has 0 amide bonds. The van der Waals surface area contributed by atoms with E-state index >= 15 is 0 Å². The first-order chi connectivity index (χ1) is 3.79. The summed E-state index contributed by atoms with van der Waals surface area (Å²) in [6.07, 6.45) is 0. The van der Waals surface area contributed by atoms with Crippen LogP contribution in [0, 0.1) is 0 Å². The summed E-state index contributed by atoms with van der Waals surface area (Å²) in [6.45, 7) is 5.78. The fraction of sp³-hybridized carbons (Fsp3) is 1.00. The van der Waals surface area contributed by atoms with Crippen molar-refractivity contribution in [3.8, 4) is 0 Å². The molecule has 1 aliphatic rings. The summed E-state index contributed by atoms with van der Waals surface area (Å²) in [7, 11) is 0. The van der Waals surface area contributed by atoms with Crippen LogP contribution in [-0.4, -0.2) is 25.3 Å². The van der Waals surface area contributed by atoms with Crippen molar-refractivity contribution in [1.29, 1.82) is 0 Å². The maximum absolute atomic E-state index is 5.20. The number of nitrogens with zero attached hydrogens (tertiary/aromatic N) is 1. The second-order valence-electron chi connectivity index (χ2n) is 2.38. The van der Waals surface area contributed by atoms with Gasteiger partial charge in [0.1, 0.15) is 0 Å². The molecule has 0 bridgehead atoms. The van der Waals surface area contributed by atoms with Crippen LogP contribution >= 0.6 is 0 Å². The van der Waals surface area contributed by atoms with Gasteiger partial charge in [0.25, 0.3) is 0 Å². The standard InChI is InChI=1S/C6H12NO.Y/c1-5-3-8-4-6(2)7-5;/h5-6H,3-4H2,1-2H3;/q-1;. The van der Waals surface area contributed by atoms with Crippen LogP contribution in [0.15, 0.2) is 0 Å². The minimum Gasteiger partial charge on any atom is -0.653 e. The third kappa shape index (κ3) is 3.66. The molecule has 1 radical (unpaired) electrons. The second-order valence-corrected chi connectivity index (χ2v) is 2.38. The van der Waals surface area contributed by atoms with Crippen LogP contribution in [-0.2, 0) is 37.4 Å². The first-order valence-corrected chi connectivity index (χ1v) is 3.06. The molecule has 2 unspecified atom stereocenters. The van der Waals surface area contributed by atoms with E-state index in [1.165, 1.54) is 0 Å². The molecule has 0 aliphatic carbocycles. The maximum Gasteiger partial charge on any atom is 0.0302 e. The molecule has 0 spiro atoms. The van der Waals surface area contributed by atoms with Crippen molar-refractivity contribution in [2.24, 2.45) is 0 Å². The molecule has 3 heteroatoms. The first-order valence-electron chi connectivity index (χ1n) is 3.06. The van der Waals surface area contributed by atoms with Crippen LogP contribution in [0.3, 0.4) is 0 Å². The Labute approximate surface area is 81.6 Å². The summed E-state index contributed by atoms with van der Waals surface area (Å²) in [5, 5.41) is 4.36. The van der Waals surface area contributed by atoms with E-state index in [9.17, 15) is 0 Å². The summed E-state index contributed by atoms with van der Waals surface area (Å²) >= 11 is 0. The summed E-state index contributed by atoms with van der Waals surface area (Å²) in [5.74, 6) is 0. The van der Waals surface area contributed by atoms with E-state index in [4.69, 9.17) is 4.74 Å². The Kier molecular flexibility index (Phi) is 5.32. The average molecular weight is 203 g/mol. The van der Waals surface area contributed by atoms with Gasteiger partial charge in [-0.3, -0.25) is 0 Å². The van der Waals surface area contributed by atoms with E-state index in [2.05, 4.69) is 19.2 Å². The molecule has 0 aromatic carbocycles. The van der Waals surface area contributed by atoms with Gasteiger partial charge < -0.3 is 10.1 Å². The number of hydrogen-bond acceptors (Lipinski definition) is 1. The van der Waals surface area contributed by atoms with Crippen LogP contribution in [0.25, 0.3) is 5.32 Å². The normalized spacial score (nSPS) is 35.3. The van der Waals surface area contributed by atoms with Gasteiger partial charge in [0.2, 0.25) is 0 Å². The average Bonchev–Trinajstić information content (AvgIpc) is 1.64. The van der Waals surface area contributed by atoms with Crippen LogP contribution in [0.4, 0.5) is 0 Å². The smallest absolute Gasteiger partial charge is 0.0302 e. The molecule has 0 N–H and O–H groups in total. The van der Waals surface area contributed by atoms with Gasteiger partial charge in [0.05, 0.1) is 0 Å². The maximum atomic E-state index is 5.20. The van der Waals surface area contributed by atoms with E-state index in [1.807, 2.05) is 0 Å². The largest absolute Gasteiger partial charge is 0.653 e. The molecule has 1 fully saturated rings. The molecule has 1 aliphatic heterocycles. The third-order valence-corrected chi connectivity index (χ3v) is 1.23. The van der Waals surface area contributed by atoms with Crippen molar-refractivity contribution in [3.05, 3.63) is 5.32 Å². The van der Waals surface area contributed by atoms with Crippen molar-refractivity contribution in [2.75, 3.05) is 13.2 Å². The molecular formula is C6H12NOY-. The van der Waals surface area contributed by atoms with Gasteiger partial charge in [-0.1, -0.05) is 13.8 Å². The molecular weight excluding hydrogens is 191 g/mol. The van der Waals surface area contributed by atoms with Gasteiger partial charge in [0, 0.05) is 45.9 Å². The molecule has 2 atom stereocenters. The second kappa shape index (κ2) is 4.78. The molecule has 1 rings (SSSR count). The predicted molar refractivity (Wildman–Crippen MR) is 33.1 cm³/mol. The topological polar surface area (TPSA) is 23.3 Å². The number of ether oxygens (including phenoxy) is 1. The zero-order chi connectivity index (χ0) is 5.98. The number of morpholine rings is 1. The van der Waals surface area contributed by atoms with Crippen molar-refractivity contribution >= 4 is 0 Å². The van der Waals surface area contributed by atoms with Crippen LogP contribution < -0.4 is 0 Å². The van der Waals surface area contributed by atoms with Gasteiger partial charge >= 0.3 is 0 Å². The van der Waals surface area contributed by atoms with Crippen LogP contribution in [0.2, 0.25) is 0 Å². The minimum absolute atomic E-state index is 0. The van der Waals surface area contributed by atoms with Gasteiger partial charge in [-0.25, -0.2) is 0 Å². The Morgan fingerprint density at radius 2 is 1.67 bits per heavy atom. The quantitative estimate of drug-likeness (QED) is 0.579. The summed E-state index contributed by atoms with van der Waals surface area (Å²) < 4.78 is 5.20. The minimum atomic E-state index is 0. The van der Waals surface area contributed by atoms with E-state index in [-0.39, 0.29) is 32.7 Å². The Balaban J connectivity index is 0.000000640. The van der Waals surface area contributed by atoms with Gasteiger partial charge in [-0.15, -0.1) is 12.1 Å². The van der Waals surface area contributed by atoms with E-state index in [1.54, 1.807) is 0 Å². The molecule has 0 saturated carbocycles. The van der Waals surface area contributed by atoms with Crippen molar-refractivity contribution < 1.29 is 37.4 Å². The van der Waals surface area contributed by atoms with E-state index in [0.717, 1.165) is 13.2 Å². The van der Waals surface area contributed by atoms with Crippen LogP contribution in [0.1, 0.15) is 13.8 Å². The van der Waals surface area contributed by atoms with Crippen molar-refractivity contribution in [2.45, 2.75) is 25.9 Å². The molecule has 0 aromatic rings. The predicted octanol–water partition coefficient (Wildman–Crippen LogP) is 1.16. The van der Waals surface area contributed by atoms with Crippen LogP contribution in [0.5, 0.6) is 0 Å². The molecule has 2 nitrogen and oxygen atoms in total. The Hall–Kier alpha value is 1.02. The molecule has 0 aromatic heterocycles. The fourth-order valence-electron chi connectivity index (χ4n) is 0.930. The molecule has 1 heterocycles. The third-order valence-electron chi connectivity index (χ3n) is 1.23. The van der Waals surface area contributed by atoms with Crippen molar-refractivity contribution in [1.82, 2.24) is 0 Å². The summed E-state index contributed by atoms with van der Waals surface area (Å²) in [4.78, 5) is 0. The van der Waals surface area contributed by atoms with E-state index in [0.29, 0.717) is 12.1 Å². The van der Waals surface area contributed by atoms with Gasteiger partial charge in [-0.2, -0.15) is 0 Å². The monoisotopic (exact) mass is 203 g/mol. The zero-order valence-corrected chi connectivity index (χ0v) is 8.84. The number of hydrogen-bond donors (Lipinski definition) is 0. The Bertz CT molecular complexity index is 71.5. The van der Waals surface area contributed by atoms with Crippen molar-refractivity contribution in [3.63, 3.8) is 0 Å². The summed E-state index contributed by atoms with van der Waals surface area (Å²) in [6, 6.07) is 0.831. The molecule has 51 valence electrons. The van der Waals surface area contributed by atoms with Gasteiger partial charge in [-0.05, 0) is 0 Å². The number of rotatable bonds is 0.